The first-order valence-electron chi connectivity index (χ1n) is 4.60. The molecule has 0 saturated heterocycles. The van der Waals surface area contributed by atoms with Gasteiger partial charge in [-0.15, -0.1) is 11.3 Å². The molecular formula is C10H13N3S. The molecule has 0 bridgehead atoms. The van der Waals surface area contributed by atoms with Crippen LogP contribution in [0.2, 0.25) is 0 Å². The van der Waals surface area contributed by atoms with Crippen molar-refractivity contribution in [3.8, 4) is 0 Å². The number of imidazole rings is 1. The Morgan fingerprint density at radius 1 is 1.64 bits per heavy atom. The van der Waals surface area contributed by atoms with Gasteiger partial charge >= 0.3 is 0 Å². The SMILES string of the molecule is CC(NCc1cnc[nH]1)c1cccs1. The van der Waals surface area contributed by atoms with Gasteiger partial charge < -0.3 is 10.3 Å². The summed E-state index contributed by atoms with van der Waals surface area (Å²) < 4.78 is 0. The van der Waals surface area contributed by atoms with E-state index in [4.69, 9.17) is 0 Å². The third-order valence-electron chi connectivity index (χ3n) is 2.12. The largest absolute Gasteiger partial charge is 0.347 e. The highest BCUT2D eigenvalue weighted by atomic mass is 32.1. The van der Waals surface area contributed by atoms with E-state index in [1.165, 1.54) is 4.88 Å². The Morgan fingerprint density at radius 3 is 3.21 bits per heavy atom. The van der Waals surface area contributed by atoms with Gasteiger partial charge in [0.15, 0.2) is 0 Å². The highest BCUT2D eigenvalue weighted by Gasteiger charge is 2.05. The molecule has 2 heterocycles. The van der Waals surface area contributed by atoms with Gasteiger partial charge in [-0.25, -0.2) is 4.98 Å². The van der Waals surface area contributed by atoms with E-state index >= 15 is 0 Å². The van der Waals surface area contributed by atoms with E-state index in [0.717, 1.165) is 12.2 Å². The minimum Gasteiger partial charge on any atom is -0.347 e. The summed E-state index contributed by atoms with van der Waals surface area (Å²) in [7, 11) is 0. The topological polar surface area (TPSA) is 40.7 Å². The predicted molar refractivity (Wildman–Crippen MR) is 58.2 cm³/mol. The first-order chi connectivity index (χ1) is 6.86. The van der Waals surface area contributed by atoms with Crippen LogP contribution in [0.25, 0.3) is 0 Å². The molecule has 2 aromatic heterocycles. The number of nitrogens with one attached hydrogen (secondary N) is 2. The molecule has 3 nitrogen and oxygen atoms in total. The quantitative estimate of drug-likeness (QED) is 0.807. The summed E-state index contributed by atoms with van der Waals surface area (Å²) in [6.07, 6.45) is 3.54. The summed E-state index contributed by atoms with van der Waals surface area (Å²) in [6, 6.07) is 4.63. The van der Waals surface area contributed by atoms with E-state index in [1.54, 1.807) is 17.7 Å². The van der Waals surface area contributed by atoms with Crippen molar-refractivity contribution in [3.05, 3.63) is 40.6 Å². The summed E-state index contributed by atoms with van der Waals surface area (Å²) in [5, 5.41) is 5.53. The van der Waals surface area contributed by atoms with Crippen molar-refractivity contribution in [2.75, 3.05) is 0 Å². The molecule has 0 aliphatic rings. The minimum absolute atomic E-state index is 0.401. The first-order valence-corrected chi connectivity index (χ1v) is 5.48. The Morgan fingerprint density at radius 2 is 2.57 bits per heavy atom. The fourth-order valence-electron chi connectivity index (χ4n) is 1.28. The van der Waals surface area contributed by atoms with Gasteiger partial charge in [-0.1, -0.05) is 6.07 Å². The van der Waals surface area contributed by atoms with Crippen LogP contribution in [0.1, 0.15) is 23.5 Å². The number of thiophene rings is 1. The number of aromatic nitrogens is 2. The summed E-state index contributed by atoms with van der Waals surface area (Å²) in [5.41, 5.74) is 1.12. The van der Waals surface area contributed by atoms with Gasteiger partial charge in [0.2, 0.25) is 0 Å². The van der Waals surface area contributed by atoms with Crippen LogP contribution in [0.5, 0.6) is 0 Å². The third kappa shape index (κ3) is 2.21. The van der Waals surface area contributed by atoms with Crippen molar-refractivity contribution in [2.45, 2.75) is 19.5 Å². The smallest absolute Gasteiger partial charge is 0.0922 e. The maximum atomic E-state index is 3.97. The van der Waals surface area contributed by atoms with Crippen molar-refractivity contribution in [3.63, 3.8) is 0 Å². The maximum Gasteiger partial charge on any atom is 0.0922 e. The van der Waals surface area contributed by atoms with Crippen molar-refractivity contribution in [1.82, 2.24) is 15.3 Å². The molecule has 4 heteroatoms. The highest BCUT2D eigenvalue weighted by molar-refractivity contribution is 7.10. The Labute approximate surface area is 87.2 Å². The molecule has 0 fully saturated rings. The summed E-state index contributed by atoms with van der Waals surface area (Å²) >= 11 is 1.78. The monoisotopic (exact) mass is 207 g/mol. The van der Waals surface area contributed by atoms with Crippen molar-refractivity contribution >= 4 is 11.3 Å². The Hall–Kier alpha value is -1.13. The Kier molecular flexibility index (Phi) is 2.96. The van der Waals surface area contributed by atoms with Crippen molar-refractivity contribution in [1.29, 1.82) is 0 Å². The normalized spacial score (nSPS) is 12.9. The predicted octanol–water partition coefficient (Wildman–Crippen LogP) is 2.32. The molecule has 74 valence electrons. The zero-order valence-electron chi connectivity index (χ0n) is 8.03. The lowest BCUT2D eigenvalue weighted by Gasteiger charge is -2.10. The second-order valence-corrected chi connectivity index (χ2v) is 4.17. The number of nitrogens with zero attached hydrogens (tertiary/aromatic N) is 1. The van der Waals surface area contributed by atoms with Gasteiger partial charge in [0.25, 0.3) is 0 Å². The van der Waals surface area contributed by atoms with Crippen molar-refractivity contribution < 1.29 is 0 Å². The molecule has 1 unspecified atom stereocenters. The average molecular weight is 207 g/mol. The molecule has 2 rings (SSSR count). The average Bonchev–Trinajstić information content (AvgIpc) is 2.87. The van der Waals surface area contributed by atoms with Crippen LogP contribution in [0.15, 0.2) is 30.0 Å². The summed E-state index contributed by atoms with van der Waals surface area (Å²) in [4.78, 5) is 8.40. The van der Waals surface area contributed by atoms with Crippen molar-refractivity contribution in [2.24, 2.45) is 0 Å². The van der Waals surface area contributed by atoms with Crippen LogP contribution < -0.4 is 5.32 Å². The molecule has 2 N–H and O–H groups in total. The van der Waals surface area contributed by atoms with Crippen LogP contribution >= 0.6 is 11.3 Å². The van der Waals surface area contributed by atoms with Gasteiger partial charge in [-0.2, -0.15) is 0 Å². The number of aromatic amines is 1. The Bertz CT molecular complexity index is 353. The zero-order chi connectivity index (χ0) is 9.80. The van der Waals surface area contributed by atoms with E-state index in [2.05, 4.69) is 39.7 Å². The summed E-state index contributed by atoms with van der Waals surface area (Å²) in [5.74, 6) is 0. The van der Waals surface area contributed by atoms with E-state index in [1.807, 2.05) is 6.20 Å². The lowest BCUT2D eigenvalue weighted by Crippen LogP contribution is -2.17. The molecule has 0 spiro atoms. The molecule has 0 aliphatic heterocycles. The van der Waals surface area contributed by atoms with Gasteiger partial charge in [-0.3, -0.25) is 0 Å². The summed E-state index contributed by atoms with van der Waals surface area (Å²) in [6.45, 7) is 3.00. The first kappa shape index (κ1) is 9.43. The molecule has 0 amide bonds. The van der Waals surface area contributed by atoms with Crippen LogP contribution in [0.3, 0.4) is 0 Å². The lowest BCUT2D eigenvalue weighted by atomic mass is 10.2. The van der Waals surface area contributed by atoms with Gasteiger partial charge in [0.1, 0.15) is 0 Å². The molecule has 0 radical (unpaired) electrons. The molecule has 0 saturated carbocycles. The van der Waals surface area contributed by atoms with Crippen LogP contribution in [-0.2, 0) is 6.54 Å². The van der Waals surface area contributed by atoms with E-state index in [0.29, 0.717) is 6.04 Å². The number of hydrogen-bond acceptors (Lipinski definition) is 3. The molecule has 14 heavy (non-hydrogen) atoms. The highest BCUT2D eigenvalue weighted by Crippen LogP contribution is 2.18. The van der Waals surface area contributed by atoms with Crippen LogP contribution in [-0.4, -0.2) is 9.97 Å². The molecule has 0 aliphatic carbocycles. The standard InChI is InChI=1S/C10H13N3S/c1-8(10-3-2-4-14-10)12-6-9-5-11-7-13-9/h2-5,7-8,12H,6H2,1H3,(H,11,13). The van der Waals surface area contributed by atoms with E-state index in [9.17, 15) is 0 Å². The number of hydrogen-bond donors (Lipinski definition) is 2. The fourth-order valence-corrected chi connectivity index (χ4v) is 2.04. The molecule has 1 atom stereocenters. The molecular weight excluding hydrogens is 194 g/mol. The van der Waals surface area contributed by atoms with Gasteiger partial charge in [-0.05, 0) is 18.4 Å². The maximum absolute atomic E-state index is 3.97. The van der Waals surface area contributed by atoms with Crippen LogP contribution in [0, 0.1) is 0 Å². The van der Waals surface area contributed by atoms with E-state index in [-0.39, 0.29) is 0 Å². The zero-order valence-corrected chi connectivity index (χ0v) is 8.84. The molecule has 2 aromatic rings. The van der Waals surface area contributed by atoms with Gasteiger partial charge in [0.05, 0.1) is 6.33 Å². The van der Waals surface area contributed by atoms with E-state index < -0.39 is 0 Å². The lowest BCUT2D eigenvalue weighted by molar-refractivity contribution is 0.577. The second kappa shape index (κ2) is 4.39. The van der Waals surface area contributed by atoms with Gasteiger partial charge in [0, 0.05) is 29.4 Å². The Balaban J connectivity index is 1.87. The fraction of sp³-hybridized carbons (Fsp3) is 0.300. The number of rotatable bonds is 4. The van der Waals surface area contributed by atoms with Crippen LogP contribution in [0.4, 0.5) is 0 Å². The minimum atomic E-state index is 0.401. The third-order valence-corrected chi connectivity index (χ3v) is 3.18. The number of H-pyrrole nitrogens is 1. The molecule has 0 aromatic carbocycles. The second-order valence-electron chi connectivity index (χ2n) is 3.19.